The van der Waals surface area contributed by atoms with Crippen LogP contribution in [-0.4, -0.2) is 46.4 Å². The van der Waals surface area contributed by atoms with Crippen LogP contribution in [0.5, 0.6) is 0 Å². The molecule has 1 aliphatic heterocycles. The molecule has 0 aromatic carbocycles. The smallest absolute Gasteiger partial charge is 0.272 e. The van der Waals surface area contributed by atoms with Crippen LogP contribution in [0, 0.1) is 11.3 Å². The molecule has 0 saturated carbocycles. The third kappa shape index (κ3) is 7.75. The van der Waals surface area contributed by atoms with Gasteiger partial charge in [0.25, 0.3) is 6.43 Å². The van der Waals surface area contributed by atoms with Crippen molar-refractivity contribution in [3.8, 4) is 6.07 Å². The molecule has 0 spiro atoms. The van der Waals surface area contributed by atoms with Crippen LogP contribution in [0.25, 0.3) is 0 Å². The first-order valence-corrected chi connectivity index (χ1v) is 7.80. The highest BCUT2D eigenvalue weighted by Gasteiger charge is 2.10. The van der Waals surface area contributed by atoms with Crippen LogP contribution in [0.15, 0.2) is 59.1 Å². The summed E-state index contributed by atoms with van der Waals surface area (Å²) in [5.41, 5.74) is 2.37. The number of halogens is 2. The second kappa shape index (κ2) is 10.4. The first-order chi connectivity index (χ1) is 11.8. The molecule has 25 heavy (non-hydrogen) atoms. The molecule has 0 bridgehead atoms. The maximum Gasteiger partial charge on any atom is 0.272 e. The van der Waals surface area contributed by atoms with Gasteiger partial charge in [0.15, 0.2) is 0 Å². The SMILES string of the molecule is [B]C1=CCN/C(CC(=C)/C(C#N)=C/N(C)C)=C\CC=C1OCC(F)F. The molecule has 0 saturated heterocycles. The summed E-state index contributed by atoms with van der Waals surface area (Å²) in [6, 6.07) is 2.13. The van der Waals surface area contributed by atoms with E-state index in [0.29, 0.717) is 36.0 Å². The molecule has 1 N–H and O–H groups in total. The van der Waals surface area contributed by atoms with Crippen molar-refractivity contribution in [3.05, 3.63) is 59.1 Å². The van der Waals surface area contributed by atoms with Crippen LogP contribution in [0.3, 0.4) is 0 Å². The Hall–Kier alpha value is -2.49. The zero-order valence-electron chi connectivity index (χ0n) is 14.6. The topological polar surface area (TPSA) is 48.3 Å². The Bertz CT molecular complexity index is 643. The van der Waals surface area contributed by atoms with Gasteiger partial charge in [-0.05, 0) is 18.1 Å². The predicted molar refractivity (Wildman–Crippen MR) is 95.7 cm³/mol. The highest BCUT2D eigenvalue weighted by molar-refractivity contribution is 6.24. The van der Waals surface area contributed by atoms with E-state index in [1.54, 1.807) is 23.3 Å². The van der Waals surface area contributed by atoms with Gasteiger partial charge in [0, 0.05) is 39.0 Å². The first kappa shape index (κ1) is 20.6. The Morgan fingerprint density at radius 3 is 2.80 bits per heavy atom. The van der Waals surface area contributed by atoms with E-state index < -0.39 is 13.0 Å². The van der Waals surface area contributed by atoms with E-state index in [0.717, 1.165) is 5.70 Å². The van der Waals surface area contributed by atoms with Gasteiger partial charge >= 0.3 is 0 Å². The van der Waals surface area contributed by atoms with E-state index >= 15 is 0 Å². The number of rotatable bonds is 7. The molecule has 0 aliphatic carbocycles. The fourth-order valence-corrected chi connectivity index (χ4v) is 2.10. The second-order valence-corrected chi connectivity index (χ2v) is 5.67. The number of hydrogen-bond acceptors (Lipinski definition) is 4. The van der Waals surface area contributed by atoms with Gasteiger partial charge in [0.1, 0.15) is 26.3 Å². The molecule has 0 unspecified atom stereocenters. The van der Waals surface area contributed by atoms with Crippen molar-refractivity contribution in [1.82, 2.24) is 10.2 Å². The van der Waals surface area contributed by atoms with Crippen molar-refractivity contribution in [2.45, 2.75) is 19.3 Å². The summed E-state index contributed by atoms with van der Waals surface area (Å²) in [7, 11) is 9.53. The Morgan fingerprint density at radius 2 is 2.20 bits per heavy atom. The van der Waals surface area contributed by atoms with E-state index in [1.165, 1.54) is 0 Å². The van der Waals surface area contributed by atoms with E-state index in [2.05, 4.69) is 18.0 Å². The van der Waals surface area contributed by atoms with Crippen molar-refractivity contribution in [2.75, 3.05) is 27.2 Å². The van der Waals surface area contributed by atoms with Gasteiger partial charge in [-0.15, -0.1) is 0 Å². The number of hydrogen-bond donors (Lipinski definition) is 1. The summed E-state index contributed by atoms with van der Waals surface area (Å²) in [6.45, 7) is 3.69. The minimum absolute atomic E-state index is 0.253. The number of nitrogens with zero attached hydrogens (tertiary/aromatic N) is 2. The molecular formula is C18H22BF2N3O. The predicted octanol–water partition coefficient (Wildman–Crippen LogP) is 3.00. The number of allylic oxidation sites excluding steroid dienone is 5. The van der Waals surface area contributed by atoms with Gasteiger partial charge in [-0.25, -0.2) is 8.78 Å². The van der Waals surface area contributed by atoms with Gasteiger partial charge in [-0.1, -0.05) is 24.2 Å². The molecule has 2 radical (unpaired) electrons. The monoisotopic (exact) mass is 345 g/mol. The number of alkyl halides is 2. The fraction of sp³-hybridized carbons (Fsp3) is 0.389. The molecule has 0 amide bonds. The fourth-order valence-electron chi connectivity index (χ4n) is 2.10. The van der Waals surface area contributed by atoms with Gasteiger partial charge in [0.2, 0.25) is 0 Å². The summed E-state index contributed by atoms with van der Waals surface area (Å²) >= 11 is 0. The summed E-state index contributed by atoms with van der Waals surface area (Å²) in [6.07, 6.45) is 5.32. The quantitative estimate of drug-likeness (QED) is 0.438. The van der Waals surface area contributed by atoms with Crippen molar-refractivity contribution >= 4 is 7.85 Å². The normalized spacial score (nSPS) is 17.6. The lowest BCUT2D eigenvalue weighted by molar-refractivity contribution is 0.0518. The largest absolute Gasteiger partial charge is 0.489 e. The molecule has 0 atom stereocenters. The van der Waals surface area contributed by atoms with Gasteiger partial charge in [-0.3, -0.25) is 0 Å². The van der Waals surface area contributed by atoms with E-state index in [9.17, 15) is 14.0 Å². The molecule has 7 heteroatoms. The standard InChI is InChI=1S/C18H22BF2N3O/c1-13(14(10-22)11-24(2)3)9-15-5-4-6-17(25-12-18(20)21)16(19)7-8-23-15/h5-7,11,18,23H,1,4,8-9,12H2,2-3H3/b14-11+,15-5-,16-7?,17-6?. The molecule has 1 heterocycles. The van der Waals surface area contributed by atoms with Crippen LogP contribution < -0.4 is 5.32 Å². The zero-order chi connectivity index (χ0) is 18.8. The van der Waals surface area contributed by atoms with Crippen molar-refractivity contribution in [2.24, 2.45) is 0 Å². The van der Waals surface area contributed by atoms with E-state index in [-0.39, 0.29) is 5.76 Å². The maximum atomic E-state index is 12.3. The zero-order valence-corrected chi connectivity index (χ0v) is 14.6. The maximum absolute atomic E-state index is 12.3. The first-order valence-electron chi connectivity index (χ1n) is 7.80. The van der Waals surface area contributed by atoms with Crippen LogP contribution in [-0.2, 0) is 4.74 Å². The van der Waals surface area contributed by atoms with Crippen LogP contribution in [0.4, 0.5) is 8.78 Å². The van der Waals surface area contributed by atoms with E-state index in [1.807, 2.05) is 20.2 Å². The number of nitriles is 1. The van der Waals surface area contributed by atoms with Crippen molar-refractivity contribution in [3.63, 3.8) is 0 Å². The number of ether oxygens (including phenoxy) is 1. The Labute approximate surface area is 149 Å². The summed E-state index contributed by atoms with van der Waals surface area (Å²) in [5, 5.41) is 12.4. The lowest BCUT2D eigenvalue weighted by Gasteiger charge is -2.13. The summed E-state index contributed by atoms with van der Waals surface area (Å²) < 4.78 is 29.7. The number of nitrogens with one attached hydrogen (secondary N) is 1. The van der Waals surface area contributed by atoms with Crippen molar-refractivity contribution in [1.29, 1.82) is 5.26 Å². The lowest BCUT2D eigenvalue weighted by atomic mass is 9.92. The van der Waals surface area contributed by atoms with Gasteiger partial charge in [-0.2, -0.15) is 5.26 Å². The molecule has 0 aromatic rings. The van der Waals surface area contributed by atoms with Gasteiger partial charge < -0.3 is 15.0 Å². The Morgan fingerprint density at radius 1 is 1.48 bits per heavy atom. The van der Waals surface area contributed by atoms with Crippen LogP contribution in [0.2, 0.25) is 0 Å². The van der Waals surface area contributed by atoms with Crippen LogP contribution in [0.1, 0.15) is 12.8 Å². The minimum Gasteiger partial charge on any atom is -0.489 e. The highest BCUT2D eigenvalue weighted by Crippen LogP contribution is 2.18. The molecule has 4 nitrogen and oxygen atoms in total. The van der Waals surface area contributed by atoms with Crippen LogP contribution >= 0.6 is 0 Å². The molecule has 1 rings (SSSR count). The average molecular weight is 345 g/mol. The van der Waals surface area contributed by atoms with Crippen molar-refractivity contribution < 1.29 is 13.5 Å². The van der Waals surface area contributed by atoms with Gasteiger partial charge in [0.05, 0.1) is 5.57 Å². The molecule has 0 aromatic heterocycles. The molecule has 0 fully saturated rings. The lowest BCUT2D eigenvalue weighted by Crippen LogP contribution is -2.15. The Balaban J connectivity index is 2.83. The summed E-state index contributed by atoms with van der Waals surface area (Å²) in [5.74, 6) is 0.253. The van der Waals surface area contributed by atoms with E-state index in [4.69, 9.17) is 12.6 Å². The highest BCUT2D eigenvalue weighted by atomic mass is 19.3. The Kier molecular flexibility index (Phi) is 8.55. The minimum atomic E-state index is -2.55. The third-order valence-electron chi connectivity index (χ3n) is 3.26. The molecule has 1 aliphatic rings. The third-order valence-corrected chi connectivity index (χ3v) is 3.26. The molecule has 132 valence electrons. The summed E-state index contributed by atoms with van der Waals surface area (Å²) in [4.78, 5) is 1.79. The average Bonchev–Trinajstić information content (AvgIpc) is 2.61. The molecular weight excluding hydrogens is 323 g/mol. The second-order valence-electron chi connectivity index (χ2n) is 5.67.